The second-order valence-corrected chi connectivity index (χ2v) is 4.97. The average molecular weight is 249 g/mol. The summed E-state index contributed by atoms with van der Waals surface area (Å²) in [6.07, 6.45) is 9.13. The molecular weight excluding hydrogens is 226 g/mol. The van der Waals surface area contributed by atoms with Crippen LogP contribution in [0.2, 0.25) is 0 Å². The number of aliphatic hydroxyl groups is 1. The van der Waals surface area contributed by atoms with E-state index < -0.39 is 0 Å². The SMILES string of the molecule is C=CCN(CCO)Cc1ccn(C2CCCC2)n1. The van der Waals surface area contributed by atoms with Crippen molar-refractivity contribution >= 4 is 0 Å². The van der Waals surface area contributed by atoms with E-state index in [0.717, 1.165) is 18.8 Å². The molecule has 100 valence electrons. The van der Waals surface area contributed by atoms with Gasteiger partial charge in [-0.15, -0.1) is 6.58 Å². The lowest BCUT2D eigenvalue weighted by molar-refractivity contribution is 0.201. The molecule has 0 saturated heterocycles. The summed E-state index contributed by atoms with van der Waals surface area (Å²) < 4.78 is 2.12. The van der Waals surface area contributed by atoms with Crippen molar-refractivity contribution in [1.29, 1.82) is 0 Å². The van der Waals surface area contributed by atoms with Gasteiger partial charge in [0.1, 0.15) is 0 Å². The van der Waals surface area contributed by atoms with Crippen LogP contribution in [0, 0.1) is 0 Å². The van der Waals surface area contributed by atoms with E-state index in [1.807, 2.05) is 6.08 Å². The highest BCUT2D eigenvalue weighted by atomic mass is 16.3. The highest BCUT2D eigenvalue weighted by Crippen LogP contribution is 2.28. The number of hydrogen-bond donors (Lipinski definition) is 1. The minimum Gasteiger partial charge on any atom is -0.395 e. The molecule has 1 aromatic rings. The summed E-state index contributed by atoms with van der Waals surface area (Å²) in [6.45, 7) is 6.16. The van der Waals surface area contributed by atoms with E-state index >= 15 is 0 Å². The van der Waals surface area contributed by atoms with Crippen LogP contribution in [0.5, 0.6) is 0 Å². The molecule has 0 radical (unpaired) electrons. The summed E-state index contributed by atoms with van der Waals surface area (Å²) in [4.78, 5) is 2.15. The monoisotopic (exact) mass is 249 g/mol. The molecule has 1 heterocycles. The van der Waals surface area contributed by atoms with Gasteiger partial charge >= 0.3 is 0 Å². The number of nitrogens with zero attached hydrogens (tertiary/aromatic N) is 3. The van der Waals surface area contributed by atoms with Crippen molar-refractivity contribution in [2.75, 3.05) is 19.7 Å². The molecule has 1 aliphatic rings. The number of aliphatic hydroxyl groups excluding tert-OH is 1. The van der Waals surface area contributed by atoms with Crippen LogP contribution in [-0.4, -0.2) is 39.5 Å². The van der Waals surface area contributed by atoms with E-state index in [1.165, 1.54) is 25.7 Å². The summed E-state index contributed by atoms with van der Waals surface area (Å²) in [7, 11) is 0. The van der Waals surface area contributed by atoms with Crippen molar-refractivity contribution in [2.24, 2.45) is 0 Å². The fourth-order valence-electron chi connectivity index (χ4n) is 2.62. The first-order chi connectivity index (χ1) is 8.83. The Morgan fingerprint density at radius 2 is 2.28 bits per heavy atom. The molecule has 0 bridgehead atoms. The third kappa shape index (κ3) is 3.43. The van der Waals surface area contributed by atoms with Gasteiger partial charge in [0.05, 0.1) is 18.3 Å². The van der Waals surface area contributed by atoms with Gasteiger partial charge in [-0.1, -0.05) is 18.9 Å². The minimum absolute atomic E-state index is 0.178. The Morgan fingerprint density at radius 1 is 1.50 bits per heavy atom. The van der Waals surface area contributed by atoms with Crippen LogP contribution >= 0.6 is 0 Å². The average Bonchev–Trinajstić information content (AvgIpc) is 2.98. The van der Waals surface area contributed by atoms with E-state index in [1.54, 1.807) is 0 Å². The summed E-state index contributed by atoms with van der Waals surface area (Å²) in [6, 6.07) is 2.69. The molecule has 0 amide bonds. The second-order valence-electron chi connectivity index (χ2n) is 4.97. The molecule has 1 N–H and O–H groups in total. The molecule has 0 unspecified atom stereocenters. The molecule has 1 aromatic heterocycles. The summed E-state index contributed by atoms with van der Waals surface area (Å²) in [5, 5.41) is 13.7. The first-order valence-electron chi connectivity index (χ1n) is 6.81. The molecular formula is C14H23N3O. The predicted octanol–water partition coefficient (Wildman–Crippen LogP) is 1.98. The lowest BCUT2D eigenvalue weighted by Crippen LogP contribution is -2.26. The summed E-state index contributed by atoms with van der Waals surface area (Å²) in [5.74, 6) is 0. The van der Waals surface area contributed by atoms with Crippen LogP contribution in [0.4, 0.5) is 0 Å². The van der Waals surface area contributed by atoms with Crippen molar-refractivity contribution in [1.82, 2.24) is 14.7 Å². The summed E-state index contributed by atoms with van der Waals surface area (Å²) >= 11 is 0. The van der Waals surface area contributed by atoms with Crippen molar-refractivity contribution in [2.45, 2.75) is 38.3 Å². The standard InChI is InChI=1S/C14H23N3O/c1-2-8-16(10-11-18)12-13-7-9-17(15-13)14-5-3-4-6-14/h2,7,9,14,18H,1,3-6,8,10-12H2. The Balaban J connectivity index is 1.93. The smallest absolute Gasteiger partial charge is 0.0765 e. The highest BCUT2D eigenvalue weighted by molar-refractivity contribution is 5.00. The Hall–Kier alpha value is -1.13. The maximum absolute atomic E-state index is 9.02. The van der Waals surface area contributed by atoms with Crippen molar-refractivity contribution in [3.63, 3.8) is 0 Å². The van der Waals surface area contributed by atoms with Gasteiger partial charge in [-0.25, -0.2) is 0 Å². The Labute approximate surface area is 109 Å². The second kappa shape index (κ2) is 6.71. The van der Waals surface area contributed by atoms with Crippen LogP contribution in [0.1, 0.15) is 37.4 Å². The third-order valence-electron chi connectivity index (χ3n) is 3.55. The molecule has 0 atom stereocenters. The first-order valence-corrected chi connectivity index (χ1v) is 6.81. The number of rotatable bonds is 7. The van der Waals surface area contributed by atoms with Gasteiger partial charge < -0.3 is 5.11 Å². The molecule has 2 rings (SSSR count). The Morgan fingerprint density at radius 3 is 2.94 bits per heavy atom. The molecule has 4 nitrogen and oxygen atoms in total. The maximum Gasteiger partial charge on any atom is 0.0765 e. The number of aromatic nitrogens is 2. The van der Waals surface area contributed by atoms with Gasteiger partial charge in [0, 0.05) is 25.8 Å². The van der Waals surface area contributed by atoms with Gasteiger partial charge in [-0.3, -0.25) is 9.58 Å². The zero-order valence-electron chi connectivity index (χ0n) is 11.0. The number of hydrogen-bond acceptors (Lipinski definition) is 3. The fraction of sp³-hybridized carbons (Fsp3) is 0.643. The van der Waals surface area contributed by atoms with Gasteiger partial charge in [0.2, 0.25) is 0 Å². The third-order valence-corrected chi connectivity index (χ3v) is 3.55. The molecule has 0 spiro atoms. The quantitative estimate of drug-likeness (QED) is 0.751. The normalized spacial score (nSPS) is 16.6. The molecule has 0 aromatic carbocycles. The van der Waals surface area contributed by atoms with Crippen molar-refractivity contribution < 1.29 is 5.11 Å². The van der Waals surface area contributed by atoms with Crippen LogP contribution in [0.15, 0.2) is 24.9 Å². The molecule has 4 heteroatoms. The van der Waals surface area contributed by atoms with E-state index in [9.17, 15) is 0 Å². The Kier molecular flexibility index (Phi) is 4.96. The topological polar surface area (TPSA) is 41.3 Å². The lowest BCUT2D eigenvalue weighted by atomic mass is 10.3. The highest BCUT2D eigenvalue weighted by Gasteiger charge is 2.17. The van der Waals surface area contributed by atoms with Crippen LogP contribution in [0.3, 0.4) is 0 Å². The largest absolute Gasteiger partial charge is 0.395 e. The van der Waals surface area contributed by atoms with Gasteiger partial charge in [-0.05, 0) is 18.9 Å². The lowest BCUT2D eigenvalue weighted by Gasteiger charge is -2.18. The molecule has 18 heavy (non-hydrogen) atoms. The zero-order chi connectivity index (χ0) is 12.8. The molecule has 1 saturated carbocycles. The molecule has 1 fully saturated rings. The van der Waals surface area contributed by atoms with Crippen LogP contribution < -0.4 is 0 Å². The molecule has 1 aliphatic carbocycles. The van der Waals surface area contributed by atoms with Crippen LogP contribution in [-0.2, 0) is 6.54 Å². The van der Waals surface area contributed by atoms with E-state index in [0.29, 0.717) is 12.6 Å². The van der Waals surface area contributed by atoms with Crippen molar-refractivity contribution in [3.05, 3.63) is 30.6 Å². The van der Waals surface area contributed by atoms with E-state index in [4.69, 9.17) is 5.11 Å². The maximum atomic E-state index is 9.02. The van der Waals surface area contributed by atoms with Gasteiger partial charge in [0.25, 0.3) is 0 Å². The minimum atomic E-state index is 0.178. The molecule has 0 aliphatic heterocycles. The van der Waals surface area contributed by atoms with E-state index in [-0.39, 0.29) is 6.61 Å². The fourth-order valence-corrected chi connectivity index (χ4v) is 2.62. The predicted molar refractivity (Wildman–Crippen MR) is 72.3 cm³/mol. The first kappa shape index (κ1) is 13.3. The summed E-state index contributed by atoms with van der Waals surface area (Å²) in [5.41, 5.74) is 1.08. The van der Waals surface area contributed by atoms with Gasteiger partial charge in [-0.2, -0.15) is 5.10 Å². The Bertz CT molecular complexity index is 369. The van der Waals surface area contributed by atoms with Crippen molar-refractivity contribution in [3.8, 4) is 0 Å². The van der Waals surface area contributed by atoms with Gasteiger partial charge in [0.15, 0.2) is 0 Å². The van der Waals surface area contributed by atoms with Crippen LogP contribution in [0.25, 0.3) is 0 Å². The zero-order valence-corrected chi connectivity index (χ0v) is 11.0. The van der Waals surface area contributed by atoms with E-state index in [2.05, 4.69) is 33.5 Å².